The fourth-order valence-corrected chi connectivity index (χ4v) is 4.15. The number of hydrogen-bond acceptors (Lipinski definition) is 4. The first kappa shape index (κ1) is 16.7. The average molecular weight is 414 g/mol. The summed E-state index contributed by atoms with van der Waals surface area (Å²) in [4.78, 5) is 0.478. The van der Waals surface area contributed by atoms with Crippen molar-refractivity contribution in [2.24, 2.45) is 0 Å². The molecule has 0 amide bonds. The van der Waals surface area contributed by atoms with Crippen molar-refractivity contribution in [2.45, 2.75) is 11.3 Å². The summed E-state index contributed by atoms with van der Waals surface area (Å²) in [5, 5.41) is 0. The molecule has 114 valence electrons. The molecular formula is C12H11BrClFN2O2S2. The number of sulfonamides is 1. The number of benzene rings is 1. The number of rotatable bonds is 5. The summed E-state index contributed by atoms with van der Waals surface area (Å²) in [6.45, 7) is 0.147. The summed E-state index contributed by atoms with van der Waals surface area (Å²) >= 11 is 10.2. The third kappa shape index (κ3) is 4.17. The zero-order valence-electron chi connectivity index (χ0n) is 10.6. The molecule has 9 heteroatoms. The van der Waals surface area contributed by atoms with Crippen LogP contribution in [0.5, 0.6) is 0 Å². The number of thiophene rings is 1. The number of nitrogens with one attached hydrogen (secondary N) is 1. The van der Waals surface area contributed by atoms with Gasteiger partial charge in [0.2, 0.25) is 10.0 Å². The maximum absolute atomic E-state index is 13.8. The predicted octanol–water partition coefficient (Wildman–Crippen LogP) is 3.41. The van der Waals surface area contributed by atoms with Crippen LogP contribution in [0, 0.1) is 5.82 Å². The van der Waals surface area contributed by atoms with Crippen LogP contribution in [-0.2, 0) is 16.4 Å². The Labute approximate surface area is 139 Å². The summed E-state index contributed by atoms with van der Waals surface area (Å²) in [5.41, 5.74) is 5.74. The Hall–Kier alpha value is -0.670. The third-order valence-electron chi connectivity index (χ3n) is 2.63. The molecule has 21 heavy (non-hydrogen) atoms. The van der Waals surface area contributed by atoms with Crippen LogP contribution in [-0.4, -0.2) is 15.0 Å². The van der Waals surface area contributed by atoms with Gasteiger partial charge in [0.1, 0.15) is 10.7 Å². The van der Waals surface area contributed by atoms with Crippen LogP contribution in [0.25, 0.3) is 0 Å². The van der Waals surface area contributed by atoms with E-state index < -0.39 is 20.7 Å². The highest BCUT2D eigenvalue weighted by Crippen LogP contribution is 2.26. The highest BCUT2D eigenvalue weighted by molar-refractivity contribution is 9.10. The molecule has 0 saturated carbocycles. The lowest BCUT2D eigenvalue weighted by Gasteiger charge is -2.09. The van der Waals surface area contributed by atoms with E-state index in [0.29, 0.717) is 15.2 Å². The molecule has 1 heterocycles. The van der Waals surface area contributed by atoms with Gasteiger partial charge in [0, 0.05) is 21.6 Å². The second kappa shape index (κ2) is 6.62. The van der Waals surface area contributed by atoms with Gasteiger partial charge in [0.15, 0.2) is 0 Å². The van der Waals surface area contributed by atoms with Crippen molar-refractivity contribution in [2.75, 3.05) is 12.3 Å². The molecule has 0 unspecified atom stereocenters. The van der Waals surface area contributed by atoms with Crippen molar-refractivity contribution in [3.8, 4) is 0 Å². The predicted molar refractivity (Wildman–Crippen MR) is 86.7 cm³/mol. The second-order valence-corrected chi connectivity index (χ2v) is 8.55. The van der Waals surface area contributed by atoms with E-state index in [-0.39, 0.29) is 12.2 Å². The molecule has 1 aromatic carbocycles. The van der Waals surface area contributed by atoms with Crippen molar-refractivity contribution in [1.29, 1.82) is 0 Å². The molecule has 0 bridgehead atoms. The van der Waals surface area contributed by atoms with Gasteiger partial charge in [-0.2, -0.15) is 0 Å². The Bertz CT molecular complexity index is 765. The van der Waals surface area contributed by atoms with E-state index in [2.05, 4.69) is 20.7 Å². The van der Waals surface area contributed by atoms with Crippen molar-refractivity contribution in [3.63, 3.8) is 0 Å². The van der Waals surface area contributed by atoms with Gasteiger partial charge in [0.25, 0.3) is 0 Å². The zero-order chi connectivity index (χ0) is 15.6. The van der Waals surface area contributed by atoms with E-state index in [0.717, 1.165) is 17.0 Å². The SMILES string of the molecule is Nc1cc(S(=O)(=O)NCCc2ccc(Cl)s2)c(F)cc1Br. The van der Waals surface area contributed by atoms with E-state index in [9.17, 15) is 12.8 Å². The van der Waals surface area contributed by atoms with E-state index in [1.807, 2.05) is 6.07 Å². The summed E-state index contributed by atoms with van der Waals surface area (Å²) in [6, 6.07) is 5.68. The lowest BCUT2D eigenvalue weighted by Crippen LogP contribution is -2.26. The van der Waals surface area contributed by atoms with Crippen molar-refractivity contribution in [1.82, 2.24) is 4.72 Å². The maximum atomic E-state index is 13.8. The van der Waals surface area contributed by atoms with Crippen LogP contribution in [0.4, 0.5) is 10.1 Å². The Morgan fingerprint density at radius 2 is 2.10 bits per heavy atom. The minimum atomic E-state index is -3.95. The Morgan fingerprint density at radius 3 is 2.71 bits per heavy atom. The van der Waals surface area contributed by atoms with E-state index in [1.165, 1.54) is 11.3 Å². The largest absolute Gasteiger partial charge is 0.398 e. The zero-order valence-corrected chi connectivity index (χ0v) is 14.5. The first-order valence-electron chi connectivity index (χ1n) is 5.78. The van der Waals surface area contributed by atoms with E-state index in [4.69, 9.17) is 17.3 Å². The number of nitrogens with two attached hydrogens (primary N) is 1. The molecule has 3 N–H and O–H groups in total. The fourth-order valence-electron chi connectivity index (χ4n) is 1.62. The summed E-state index contributed by atoms with van der Waals surface area (Å²) in [7, 11) is -3.95. The van der Waals surface area contributed by atoms with Gasteiger partial charge in [-0.25, -0.2) is 17.5 Å². The van der Waals surface area contributed by atoms with Gasteiger partial charge >= 0.3 is 0 Å². The van der Waals surface area contributed by atoms with Gasteiger partial charge in [0.05, 0.1) is 4.34 Å². The number of halogens is 3. The molecule has 0 atom stereocenters. The maximum Gasteiger partial charge on any atom is 0.243 e. The molecule has 2 aromatic rings. The van der Waals surface area contributed by atoms with Crippen molar-refractivity contribution < 1.29 is 12.8 Å². The van der Waals surface area contributed by atoms with Gasteiger partial charge in [-0.1, -0.05) is 11.6 Å². The van der Waals surface area contributed by atoms with Crippen molar-refractivity contribution >= 4 is 54.6 Å². The smallest absolute Gasteiger partial charge is 0.243 e. The average Bonchev–Trinajstić information content (AvgIpc) is 2.79. The molecule has 0 aliphatic rings. The van der Waals surface area contributed by atoms with Crippen LogP contribution >= 0.6 is 38.9 Å². The highest BCUT2D eigenvalue weighted by Gasteiger charge is 2.20. The molecule has 2 rings (SSSR count). The lowest BCUT2D eigenvalue weighted by atomic mass is 10.3. The Morgan fingerprint density at radius 1 is 1.38 bits per heavy atom. The van der Waals surface area contributed by atoms with Crippen LogP contribution < -0.4 is 10.5 Å². The van der Waals surface area contributed by atoms with Gasteiger partial charge in [-0.15, -0.1) is 11.3 Å². The molecule has 1 aromatic heterocycles. The first-order valence-corrected chi connectivity index (χ1v) is 9.25. The minimum absolute atomic E-state index is 0.147. The molecule has 0 aliphatic heterocycles. The molecular weight excluding hydrogens is 403 g/mol. The van der Waals surface area contributed by atoms with Crippen LogP contribution in [0.3, 0.4) is 0 Å². The molecule has 0 fully saturated rings. The third-order valence-corrected chi connectivity index (χ3v) is 6.09. The molecule has 4 nitrogen and oxygen atoms in total. The molecule has 0 aliphatic carbocycles. The molecule has 0 radical (unpaired) electrons. The number of anilines is 1. The standard InChI is InChI=1S/C12H11BrClFN2O2S2/c13-8-5-9(15)11(6-10(8)16)21(18,19)17-4-3-7-1-2-12(14)20-7/h1-2,5-6,17H,3-4,16H2. The summed E-state index contributed by atoms with van der Waals surface area (Å²) in [5.74, 6) is -0.859. The van der Waals surface area contributed by atoms with Crippen molar-refractivity contribution in [3.05, 3.63) is 43.8 Å². The Kier molecular flexibility index (Phi) is 5.26. The van der Waals surface area contributed by atoms with Gasteiger partial charge < -0.3 is 5.73 Å². The first-order chi connectivity index (χ1) is 9.79. The lowest BCUT2D eigenvalue weighted by molar-refractivity contribution is 0.557. The number of hydrogen-bond donors (Lipinski definition) is 2. The van der Waals surface area contributed by atoms with Crippen LogP contribution in [0.1, 0.15) is 4.88 Å². The topological polar surface area (TPSA) is 72.2 Å². The fraction of sp³-hybridized carbons (Fsp3) is 0.167. The second-order valence-electron chi connectivity index (χ2n) is 4.16. The minimum Gasteiger partial charge on any atom is -0.398 e. The quantitative estimate of drug-likeness (QED) is 0.738. The van der Waals surface area contributed by atoms with Crippen LogP contribution in [0.2, 0.25) is 4.34 Å². The number of nitrogen functional groups attached to an aromatic ring is 1. The summed E-state index contributed by atoms with van der Waals surface area (Å²) < 4.78 is 41.2. The van der Waals surface area contributed by atoms with Gasteiger partial charge in [-0.3, -0.25) is 0 Å². The van der Waals surface area contributed by atoms with Crippen LogP contribution in [0.15, 0.2) is 33.6 Å². The Balaban J connectivity index is 2.10. The van der Waals surface area contributed by atoms with Gasteiger partial charge in [-0.05, 0) is 46.6 Å². The molecule has 0 saturated heterocycles. The normalized spacial score (nSPS) is 11.8. The summed E-state index contributed by atoms with van der Waals surface area (Å²) in [6.07, 6.45) is 0.476. The molecule has 0 spiro atoms. The monoisotopic (exact) mass is 412 g/mol. The van der Waals surface area contributed by atoms with E-state index in [1.54, 1.807) is 6.07 Å². The van der Waals surface area contributed by atoms with E-state index >= 15 is 0 Å². The highest BCUT2D eigenvalue weighted by atomic mass is 79.9.